The van der Waals surface area contributed by atoms with E-state index in [4.69, 9.17) is 5.11 Å². The van der Waals surface area contributed by atoms with Gasteiger partial charge in [-0.25, -0.2) is 0 Å². The molecule has 0 aliphatic rings. The molecule has 2 N–H and O–H groups in total. The maximum absolute atomic E-state index is 11.7. The number of amides is 1. The number of aryl methyl sites for hydroxylation is 1. The Hall–Kier alpha value is -1.35. The highest BCUT2D eigenvalue weighted by Gasteiger charge is 2.14. The quantitative estimate of drug-likeness (QED) is 0.811. The highest BCUT2D eigenvalue weighted by atomic mass is 16.3. The van der Waals surface area contributed by atoms with E-state index in [9.17, 15) is 4.79 Å². The summed E-state index contributed by atoms with van der Waals surface area (Å²) in [4.78, 5) is 11.7. The van der Waals surface area contributed by atoms with E-state index >= 15 is 0 Å². The van der Waals surface area contributed by atoms with Gasteiger partial charge in [0.1, 0.15) is 0 Å². The van der Waals surface area contributed by atoms with Crippen molar-refractivity contribution in [2.75, 3.05) is 6.54 Å². The van der Waals surface area contributed by atoms with E-state index in [0.29, 0.717) is 6.54 Å². The lowest BCUT2D eigenvalue weighted by Crippen LogP contribution is -2.33. The van der Waals surface area contributed by atoms with Gasteiger partial charge >= 0.3 is 0 Å². The molecule has 2 atom stereocenters. The SMILES string of the molecule is Cc1cccc(C(C)C(=O)NCC(C)O)c1. The zero-order valence-corrected chi connectivity index (χ0v) is 10.0. The van der Waals surface area contributed by atoms with E-state index in [-0.39, 0.29) is 11.8 Å². The van der Waals surface area contributed by atoms with Gasteiger partial charge in [-0.2, -0.15) is 0 Å². The predicted octanol–water partition coefficient (Wildman–Crippen LogP) is 1.60. The molecule has 1 amide bonds. The molecule has 0 aliphatic heterocycles. The van der Waals surface area contributed by atoms with Gasteiger partial charge in [0.25, 0.3) is 0 Å². The van der Waals surface area contributed by atoms with Crippen LogP contribution in [-0.2, 0) is 4.79 Å². The molecule has 3 nitrogen and oxygen atoms in total. The summed E-state index contributed by atoms with van der Waals surface area (Å²) in [6.07, 6.45) is -0.506. The molecule has 0 fully saturated rings. The van der Waals surface area contributed by atoms with Gasteiger partial charge in [-0.1, -0.05) is 29.8 Å². The Labute approximate surface area is 96.5 Å². The van der Waals surface area contributed by atoms with Crippen LogP contribution in [0, 0.1) is 6.92 Å². The number of hydrogen-bond donors (Lipinski definition) is 2. The lowest BCUT2D eigenvalue weighted by Gasteiger charge is -2.14. The normalized spacial score (nSPS) is 14.2. The van der Waals surface area contributed by atoms with Crippen LogP contribution in [0.1, 0.15) is 30.9 Å². The first-order valence-corrected chi connectivity index (χ1v) is 5.53. The van der Waals surface area contributed by atoms with Gasteiger partial charge in [0.2, 0.25) is 5.91 Å². The second-order valence-electron chi connectivity index (χ2n) is 4.23. The lowest BCUT2D eigenvalue weighted by molar-refractivity contribution is -0.122. The molecule has 0 aliphatic carbocycles. The van der Waals surface area contributed by atoms with Crippen molar-refractivity contribution in [1.82, 2.24) is 5.32 Å². The molecular formula is C13H19NO2. The van der Waals surface area contributed by atoms with Crippen LogP contribution < -0.4 is 5.32 Å². The molecule has 3 heteroatoms. The van der Waals surface area contributed by atoms with Crippen LogP contribution in [0.25, 0.3) is 0 Å². The van der Waals surface area contributed by atoms with Crippen molar-refractivity contribution in [3.63, 3.8) is 0 Å². The summed E-state index contributed by atoms with van der Waals surface area (Å²) in [6, 6.07) is 7.90. The molecule has 0 radical (unpaired) electrons. The van der Waals surface area contributed by atoms with Gasteiger partial charge in [-0.05, 0) is 26.3 Å². The van der Waals surface area contributed by atoms with E-state index in [1.807, 2.05) is 38.1 Å². The second kappa shape index (κ2) is 5.66. The number of carbonyl (C=O) groups is 1. The summed E-state index contributed by atoms with van der Waals surface area (Å²) in [7, 11) is 0. The minimum absolute atomic E-state index is 0.0495. The average molecular weight is 221 g/mol. The molecule has 16 heavy (non-hydrogen) atoms. The van der Waals surface area contributed by atoms with Crippen molar-refractivity contribution < 1.29 is 9.90 Å². The molecule has 1 rings (SSSR count). The Balaban J connectivity index is 2.63. The molecule has 0 saturated carbocycles. The van der Waals surface area contributed by atoms with Crippen LogP contribution in [0.2, 0.25) is 0 Å². The van der Waals surface area contributed by atoms with Crippen molar-refractivity contribution in [3.8, 4) is 0 Å². The van der Waals surface area contributed by atoms with Crippen LogP contribution in [0.4, 0.5) is 0 Å². The molecule has 2 unspecified atom stereocenters. The van der Waals surface area contributed by atoms with Gasteiger partial charge in [0.15, 0.2) is 0 Å². The number of aliphatic hydroxyl groups is 1. The predicted molar refractivity (Wildman–Crippen MR) is 64.3 cm³/mol. The molecule has 1 aromatic carbocycles. The summed E-state index contributed by atoms with van der Waals surface area (Å²) in [5, 5.41) is 11.8. The second-order valence-corrected chi connectivity index (χ2v) is 4.23. The Kier molecular flexibility index (Phi) is 4.50. The minimum Gasteiger partial charge on any atom is -0.392 e. The monoisotopic (exact) mass is 221 g/mol. The standard InChI is InChI=1S/C13H19NO2/c1-9-5-4-6-12(7-9)11(3)13(16)14-8-10(2)15/h4-7,10-11,15H,8H2,1-3H3,(H,14,16). The van der Waals surface area contributed by atoms with Crippen molar-refractivity contribution in [3.05, 3.63) is 35.4 Å². The van der Waals surface area contributed by atoms with Gasteiger partial charge in [0, 0.05) is 6.54 Å². The topological polar surface area (TPSA) is 49.3 Å². The molecule has 0 bridgehead atoms. The molecule has 1 aromatic rings. The molecule has 88 valence electrons. The molecule has 0 aromatic heterocycles. The van der Waals surface area contributed by atoms with E-state index in [1.165, 1.54) is 0 Å². The third-order valence-electron chi connectivity index (χ3n) is 2.51. The van der Waals surface area contributed by atoms with Crippen molar-refractivity contribution in [2.24, 2.45) is 0 Å². The maximum Gasteiger partial charge on any atom is 0.227 e. The van der Waals surface area contributed by atoms with Crippen LogP contribution in [0.3, 0.4) is 0 Å². The largest absolute Gasteiger partial charge is 0.392 e. The summed E-state index contributed by atoms with van der Waals surface area (Å²) in [5.41, 5.74) is 2.15. The number of hydrogen-bond acceptors (Lipinski definition) is 2. The van der Waals surface area contributed by atoms with E-state index in [0.717, 1.165) is 11.1 Å². The first kappa shape index (κ1) is 12.7. The number of aliphatic hydroxyl groups excluding tert-OH is 1. The smallest absolute Gasteiger partial charge is 0.227 e. The zero-order chi connectivity index (χ0) is 12.1. The zero-order valence-electron chi connectivity index (χ0n) is 10.0. The van der Waals surface area contributed by atoms with E-state index < -0.39 is 6.10 Å². The van der Waals surface area contributed by atoms with E-state index in [1.54, 1.807) is 6.92 Å². The third kappa shape index (κ3) is 3.66. The summed E-state index contributed by atoms with van der Waals surface area (Å²) in [5.74, 6) is -0.231. The number of rotatable bonds is 4. The van der Waals surface area contributed by atoms with Crippen LogP contribution >= 0.6 is 0 Å². The van der Waals surface area contributed by atoms with Gasteiger partial charge < -0.3 is 10.4 Å². The Morgan fingerprint density at radius 3 is 2.69 bits per heavy atom. The van der Waals surface area contributed by atoms with Gasteiger partial charge in [0.05, 0.1) is 12.0 Å². The Bertz CT molecular complexity index is 361. The minimum atomic E-state index is -0.506. The fraction of sp³-hybridized carbons (Fsp3) is 0.462. The van der Waals surface area contributed by atoms with Crippen LogP contribution in [-0.4, -0.2) is 23.7 Å². The summed E-state index contributed by atoms with van der Waals surface area (Å²) in [6.45, 7) is 5.82. The number of benzene rings is 1. The fourth-order valence-electron chi connectivity index (χ4n) is 1.49. The van der Waals surface area contributed by atoms with Gasteiger partial charge in [-0.15, -0.1) is 0 Å². The highest BCUT2D eigenvalue weighted by Crippen LogP contribution is 2.16. The summed E-state index contributed by atoms with van der Waals surface area (Å²) < 4.78 is 0. The lowest BCUT2D eigenvalue weighted by atomic mass is 9.98. The number of carbonyl (C=O) groups excluding carboxylic acids is 1. The third-order valence-corrected chi connectivity index (χ3v) is 2.51. The molecular weight excluding hydrogens is 202 g/mol. The highest BCUT2D eigenvalue weighted by molar-refractivity contribution is 5.83. The van der Waals surface area contributed by atoms with Crippen molar-refractivity contribution in [1.29, 1.82) is 0 Å². The summed E-state index contributed by atoms with van der Waals surface area (Å²) >= 11 is 0. The van der Waals surface area contributed by atoms with Gasteiger partial charge in [-0.3, -0.25) is 4.79 Å². The van der Waals surface area contributed by atoms with Crippen LogP contribution in [0.5, 0.6) is 0 Å². The van der Waals surface area contributed by atoms with Crippen LogP contribution in [0.15, 0.2) is 24.3 Å². The van der Waals surface area contributed by atoms with Crippen molar-refractivity contribution in [2.45, 2.75) is 32.8 Å². The molecule has 0 saturated heterocycles. The van der Waals surface area contributed by atoms with Crippen molar-refractivity contribution >= 4 is 5.91 Å². The maximum atomic E-state index is 11.7. The Morgan fingerprint density at radius 1 is 1.44 bits per heavy atom. The fourth-order valence-corrected chi connectivity index (χ4v) is 1.49. The average Bonchev–Trinajstić information content (AvgIpc) is 2.24. The molecule has 0 heterocycles. The first-order chi connectivity index (χ1) is 7.50. The molecule has 0 spiro atoms. The van der Waals surface area contributed by atoms with E-state index in [2.05, 4.69) is 5.32 Å². The Morgan fingerprint density at radius 2 is 2.12 bits per heavy atom. The first-order valence-electron chi connectivity index (χ1n) is 5.53. The number of nitrogens with one attached hydrogen (secondary N) is 1.